The van der Waals surface area contributed by atoms with Crippen LogP contribution in [0.5, 0.6) is 0 Å². The Morgan fingerprint density at radius 2 is 1.35 bits per heavy atom. The van der Waals surface area contributed by atoms with Gasteiger partial charge in [-0.25, -0.2) is 0 Å². The molecule has 11 nitrogen and oxygen atoms in total. The second-order valence-electron chi connectivity index (χ2n) is 5.60. The molecular formula is C12H23NO10. The maximum atomic E-state index is 10.0. The van der Waals surface area contributed by atoms with Crippen LogP contribution in [0.2, 0.25) is 0 Å². The van der Waals surface area contributed by atoms with Gasteiger partial charge in [0.1, 0.15) is 55.1 Å². The molecule has 0 radical (unpaired) electrons. The molecule has 136 valence electrons. The summed E-state index contributed by atoms with van der Waals surface area (Å²) in [5.41, 5.74) is 5.46. The average Bonchev–Trinajstić information content (AvgIpc) is 2.55. The van der Waals surface area contributed by atoms with Crippen LogP contribution in [0, 0.1) is 0 Å². The predicted molar refractivity (Wildman–Crippen MR) is 70.6 cm³/mol. The zero-order valence-electron chi connectivity index (χ0n) is 12.1. The van der Waals surface area contributed by atoms with E-state index in [1.165, 1.54) is 0 Å². The van der Waals surface area contributed by atoms with Gasteiger partial charge in [0.2, 0.25) is 0 Å². The third kappa shape index (κ3) is 3.65. The number of aliphatic hydroxyl groups is 7. The van der Waals surface area contributed by atoms with E-state index in [4.69, 9.17) is 25.1 Å². The SMILES string of the molecule is N[C@@H]1OC(CO)[C@@H](O[C@@H]2OC(CO)[C@H](O)[C@H](O)C2O)[C@H](O)C1O. The maximum Gasteiger partial charge on any atom is 0.187 e. The third-order valence-electron chi connectivity index (χ3n) is 4.04. The monoisotopic (exact) mass is 341 g/mol. The second kappa shape index (κ2) is 7.63. The van der Waals surface area contributed by atoms with E-state index < -0.39 is 74.6 Å². The predicted octanol–water partition coefficient (Wildman–Crippen LogP) is -5.43. The first-order valence-electron chi connectivity index (χ1n) is 7.15. The van der Waals surface area contributed by atoms with Crippen LogP contribution in [0.4, 0.5) is 0 Å². The average molecular weight is 341 g/mol. The van der Waals surface area contributed by atoms with E-state index in [1.807, 2.05) is 0 Å². The molecule has 0 saturated carbocycles. The van der Waals surface area contributed by atoms with Crippen molar-refractivity contribution in [1.29, 1.82) is 0 Å². The van der Waals surface area contributed by atoms with Crippen molar-refractivity contribution in [2.75, 3.05) is 13.2 Å². The first-order valence-corrected chi connectivity index (χ1v) is 7.15. The first-order chi connectivity index (χ1) is 10.8. The molecule has 11 heteroatoms. The van der Waals surface area contributed by atoms with Crippen molar-refractivity contribution in [2.45, 2.75) is 61.3 Å². The van der Waals surface area contributed by atoms with Gasteiger partial charge in [-0.05, 0) is 0 Å². The van der Waals surface area contributed by atoms with E-state index in [0.717, 1.165) is 0 Å². The smallest absolute Gasteiger partial charge is 0.187 e. The van der Waals surface area contributed by atoms with Crippen LogP contribution in [0.3, 0.4) is 0 Å². The molecule has 0 aromatic heterocycles. The zero-order valence-corrected chi connectivity index (χ0v) is 12.1. The molecule has 0 aromatic rings. The Bertz CT molecular complexity index is 383. The summed E-state index contributed by atoms with van der Waals surface area (Å²) in [7, 11) is 0. The van der Waals surface area contributed by atoms with Gasteiger partial charge in [-0.2, -0.15) is 0 Å². The normalized spacial score (nSPS) is 51.7. The molecule has 2 fully saturated rings. The molecule has 9 N–H and O–H groups in total. The van der Waals surface area contributed by atoms with E-state index in [2.05, 4.69) is 0 Å². The van der Waals surface area contributed by atoms with E-state index in [9.17, 15) is 30.6 Å². The van der Waals surface area contributed by atoms with Crippen LogP contribution in [0.25, 0.3) is 0 Å². The highest BCUT2D eigenvalue weighted by Crippen LogP contribution is 2.28. The third-order valence-corrected chi connectivity index (χ3v) is 4.04. The van der Waals surface area contributed by atoms with Gasteiger partial charge < -0.3 is 55.7 Å². The summed E-state index contributed by atoms with van der Waals surface area (Å²) in [6.07, 6.45) is -14.4. The van der Waals surface area contributed by atoms with Crippen LogP contribution in [-0.2, 0) is 14.2 Å². The van der Waals surface area contributed by atoms with Crippen molar-refractivity contribution >= 4 is 0 Å². The molecular weight excluding hydrogens is 318 g/mol. The lowest BCUT2D eigenvalue weighted by Gasteiger charge is -2.45. The van der Waals surface area contributed by atoms with Gasteiger partial charge in [-0.3, -0.25) is 0 Å². The zero-order chi connectivity index (χ0) is 17.3. The highest BCUT2D eigenvalue weighted by molar-refractivity contribution is 4.94. The lowest BCUT2D eigenvalue weighted by atomic mass is 9.96. The number of aliphatic hydroxyl groups excluding tert-OH is 7. The lowest BCUT2D eigenvalue weighted by molar-refractivity contribution is -0.341. The summed E-state index contributed by atoms with van der Waals surface area (Å²) in [5.74, 6) is 0. The summed E-state index contributed by atoms with van der Waals surface area (Å²) in [6, 6.07) is 0. The molecule has 10 atom stereocenters. The first kappa shape index (κ1) is 18.9. The van der Waals surface area contributed by atoms with Gasteiger partial charge in [0.25, 0.3) is 0 Å². The largest absolute Gasteiger partial charge is 0.394 e. The molecule has 0 aromatic carbocycles. The summed E-state index contributed by atoms with van der Waals surface area (Å²) in [4.78, 5) is 0. The van der Waals surface area contributed by atoms with Gasteiger partial charge >= 0.3 is 0 Å². The van der Waals surface area contributed by atoms with Gasteiger partial charge in [-0.15, -0.1) is 0 Å². The van der Waals surface area contributed by atoms with E-state index in [-0.39, 0.29) is 0 Å². The number of hydrogen-bond donors (Lipinski definition) is 8. The fraction of sp³-hybridized carbons (Fsp3) is 1.00. The van der Waals surface area contributed by atoms with E-state index in [0.29, 0.717) is 0 Å². The standard InChI is InChI=1S/C12H23NO10/c13-11-8(19)7(18)10(4(2-15)21-11)23-12-9(20)6(17)5(16)3(1-14)22-12/h3-12,14-20H,1-2,13H2/t3?,4?,5-,6-,7+,8?,9?,10+,11+,12-/m0/s1. The Labute approximate surface area is 131 Å². The Hall–Kier alpha value is -0.440. The topological polar surface area (TPSA) is 195 Å². The fourth-order valence-electron chi connectivity index (χ4n) is 2.62. The van der Waals surface area contributed by atoms with Gasteiger partial charge in [0.15, 0.2) is 6.29 Å². The lowest BCUT2D eigenvalue weighted by Crippen LogP contribution is -2.65. The summed E-state index contributed by atoms with van der Waals surface area (Å²) < 4.78 is 15.6. The van der Waals surface area contributed by atoms with Gasteiger partial charge in [0.05, 0.1) is 13.2 Å². The molecule has 4 unspecified atom stereocenters. The van der Waals surface area contributed by atoms with E-state index >= 15 is 0 Å². The Kier molecular flexibility index (Phi) is 6.27. The quantitative estimate of drug-likeness (QED) is 0.243. The van der Waals surface area contributed by atoms with Gasteiger partial charge in [0, 0.05) is 0 Å². The Morgan fingerprint density at radius 3 is 1.91 bits per heavy atom. The van der Waals surface area contributed by atoms with Crippen molar-refractivity contribution in [1.82, 2.24) is 0 Å². The molecule has 0 aliphatic carbocycles. The second-order valence-corrected chi connectivity index (χ2v) is 5.60. The summed E-state index contributed by atoms with van der Waals surface area (Å²) in [5, 5.41) is 67.4. The van der Waals surface area contributed by atoms with Crippen molar-refractivity contribution in [3.8, 4) is 0 Å². The molecule has 2 heterocycles. The molecule has 0 amide bonds. The minimum absolute atomic E-state index is 0.598. The number of hydrogen-bond acceptors (Lipinski definition) is 11. The van der Waals surface area contributed by atoms with Gasteiger partial charge in [-0.1, -0.05) is 0 Å². The number of rotatable bonds is 4. The van der Waals surface area contributed by atoms with Crippen molar-refractivity contribution in [2.24, 2.45) is 5.73 Å². The molecule has 2 rings (SSSR count). The van der Waals surface area contributed by atoms with Crippen LogP contribution < -0.4 is 5.73 Å². The Balaban J connectivity index is 2.11. The highest BCUT2D eigenvalue weighted by atomic mass is 16.7. The molecule has 2 aliphatic rings. The Morgan fingerprint density at radius 1 is 0.739 bits per heavy atom. The molecule has 0 bridgehead atoms. The van der Waals surface area contributed by atoms with E-state index in [1.54, 1.807) is 0 Å². The highest BCUT2D eigenvalue weighted by Gasteiger charge is 2.49. The van der Waals surface area contributed by atoms with Crippen LogP contribution in [0.1, 0.15) is 0 Å². The minimum Gasteiger partial charge on any atom is -0.394 e. The van der Waals surface area contributed by atoms with Crippen molar-refractivity contribution in [3.05, 3.63) is 0 Å². The molecule has 23 heavy (non-hydrogen) atoms. The minimum atomic E-state index is -1.69. The van der Waals surface area contributed by atoms with Crippen molar-refractivity contribution in [3.63, 3.8) is 0 Å². The van der Waals surface area contributed by atoms with Crippen molar-refractivity contribution < 1.29 is 50.0 Å². The summed E-state index contributed by atoms with van der Waals surface area (Å²) in [6.45, 7) is -1.25. The van der Waals surface area contributed by atoms with Crippen LogP contribution in [-0.4, -0.2) is 110 Å². The fourth-order valence-corrected chi connectivity index (χ4v) is 2.62. The van der Waals surface area contributed by atoms with Crippen LogP contribution in [0.15, 0.2) is 0 Å². The summed E-state index contributed by atoms with van der Waals surface area (Å²) >= 11 is 0. The number of ether oxygens (including phenoxy) is 3. The molecule has 0 spiro atoms. The van der Waals surface area contributed by atoms with Crippen LogP contribution >= 0.6 is 0 Å². The number of nitrogens with two attached hydrogens (primary N) is 1. The maximum absolute atomic E-state index is 10.0. The molecule has 2 aliphatic heterocycles. The molecule has 2 saturated heterocycles.